The minimum atomic E-state index is 0.538. The number of rotatable bonds is 4. The third-order valence-electron chi connectivity index (χ3n) is 6.58. The Hall–Kier alpha value is -4.06. The quantitative estimate of drug-likeness (QED) is 0.354. The number of pyridine rings is 1. The van der Waals surface area contributed by atoms with E-state index < -0.39 is 0 Å². The fraction of sp³-hybridized carbons (Fsp3) is 0.214. The van der Waals surface area contributed by atoms with Crippen molar-refractivity contribution in [1.29, 1.82) is 0 Å². The van der Waals surface area contributed by atoms with Gasteiger partial charge in [0.25, 0.3) is 0 Å². The average molecular weight is 452 g/mol. The molecule has 0 saturated heterocycles. The molecule has 0 atom stereocenters. The Morgan fingerprint density at radius 1 is 0.882 bits per heavy atom. The van der Waals surface area contributed by atoms with Crippen molar-refractivity contribution in [2.24, 2.45) is 0 Å². The summed E-state index contributed by atoms with van der Waals surface area (Å²) in [6.45, 7) is 5.95. The lowest BCUT2D eigenvalue weighted by molar-refractivity contribution is 0.172. The second-order valence-corrected chi connectivity index (χ2v) is 8.69. The van der Waals surface area contributed by atoms with Crippen molar-refractivity contribution in [1.82, 2.24) is 14.8 Å². The van der Waals surface area contributed by atoms with Crippen LogP contribution in [-0.2, 0) is 6.54 Å². The highest BCUT2D eigenvalue weighted by molar-refractivity contribution is 5.99. The highest BCUT2D eigenvalue weighted by Gasteiger charge is 2.24. The van der Waals surface area contributed by atoms with Crippen molar-refractivity contribution in [3.8, 4) is 39.8 Å². The van der Waals surface area contributed by atoms with Crippen LogP contribution in [0.2, 0.25) is 0 Å². The summed E-state index contributed by atoms with van der Waals surface area (Å²) in [5.74, 6) is 2.35. The van der Waals surface area contributed by atoms with Crippen LogP contribution in [0, 0.1) is 13.8 Å². The average Bonchev–Trinajstić information content (AvgIpc) is 3.29. The van der Waals surface area contributed by atoms with Gasteiger partial charge in [-0.3, -0.25) is 0 Å². The highest BCUT2D eigenvalue weighted by atomic mass is 16.6. The van der Waals surface area contributed by atoms with Crippen molar-refractivity contribution in [3.63, 3.8) is 0 Å². The van der Waals surface area contributed by atoms with Crippen molar-refractivity contribution in [3.05, 3.63) is 77.5 Å². The maximum absolute atomic E-state index is 5.89. The zero-order valence-corrected chi connectivity index (χ0v) is 19.5. The fourth-order valence-electron chi connectivity index (χ4n) is 4.62. The summed E-state index contributed by atoms with van der Waals surface area (Å²) in [5, 5.41) is 10.2. The molecular formula is C28H25N3O3. The molecule has 0 radical (unpaired) electrons. The van der Waals surface area contributed by atoms with Crippen molar-refractivity contribution >= 4 is 10.9 Å². The zero-order chi connectivity index (χ0) is 23.2. The summed E-state index contributed by atoms with van der Waals surface area (Å²) in [5.41, 5.74) is 8.39. The molecule has 0 unspecified atom stereocenters. The molecule has 0 bridgehead atoms. The molecule has 6 heteroatoms. The minimum absolute atomic E-state index is 0.538. The molecule has 3 aliphatic heterocycles. The van der Waals surface area contributed by atoms with E-state index in [0.717, 1.165) is 56.2 Å². The second-order valence-electron chi connectivity index (χ2n) is 8.69. The summed E-state index contributed by atoms with van der Waals surface area (Å²) < 4.78 is 19.6. The van der Waals surface area contributed by atoms with E-state index in [1.807, 2.05) is 30.3 Å². The first-order valence-corrected chi connectivity index (χ1v) is 11.4. The van der Waals surface area contributed by atoms with Crippen LogP contribution in [0.3, 0.4) is 0 Å². The monoisotopic (exact) mass is 451 g/mol. The molecule has 0 fully saturated rings. The zero-order valence-electron chi connectivity index (χ0n) is 19.5. The van der Waals surface area contributed by atoms with E-state index in [1.165, 1.54) is 11.1 Å². The Labute approximate surface area is 198 Å². The predicted octanol–water partition coefficient (Wildman–Crippen LogP) is 5.65. The third-order valence-corrected chi connectivity index (χ3v) is 6.58. The van der Waals surface area contributed by atoms with E-state index in [2.05, 4.69) is 59.1 Å². The van der Waals surface area contributed by atoms with E-state index in [0.29, 0.717) is 19.8 Å². The molecule has 0 aliphatic carbocycles. The number of fused-ring (bicyclic) bond motifs is 4. The van der Waals surface area contributed by atoms with Gasteiger partial charge >= 0.3 is 0 Å². The van der Waals surface area contributed by atoms with Gasteiger partial charge in [-0.2, -0.15) is 0 Å². The molecule has 3 aromatic carbocycles. The van der Waals surface area contributed by atoms with E-state index in [9.17, 15) is 0 Å². The van der Waals surface area contributed by atoms with Gasteiger partial charge in [0.15, 0.2) is 11.5 Å². The lowest BCUT2D eigenvalue weighted by Gasteiger charge is -2.22. The summed E-state index contributed by atoms with van der Waals surface area (Å²) >= 11 is 0. The minimum Gasteiger partial charge on any atom is -0.496 e. The van der Waals surface area contributed by atoms with Crippen LogP contribution in [-0.4, -0.2) is 35.1 Å². The second kappa shape index (κ2) is 8.06. The number of hydrogen-bond donors (Lipinski definition) is 0. The third kappa shape index (κ3) is 3.34. The maximum atomic E-state index is 5.89. The Morgan fingerprint density at radius 3 is 2.44 bits per heavy atom. The maximum Gasteiger partial charge on any atom is 0.163 e. The number of nitrogens with zero attached hydrogens (tertiary/aromatic N) is 3. The van der Waals surface area contributed by atoms with E-state index in [4.69, 9.17) is 14.2 Å². The number of ether oxygens (including phenoxy) is 3. The first-order valence-electron chi connectivity index (χ1n) is 11.4. The lowest BCUT2D eigenvalue weighted by Crippen LogP contribution is -2.16. The normalized spacial score (nSPS) is 12.9. The number of para-hydroxylation sites is 1. The summed E-state index contributed by atoms with van der Waals surface area (Å²) in [7, 11) is 1.70. The number of benzene rings is 3. The van der Waals surface area contributed by atoms with Gasteiger partial charge in [-0.25, -0.2) is 0 Å². The molecule has 0 N–H and O–H groups in total. The molecule has 3 aliphatic rings. The number of methoxy groups -OCH3 is 1. The van der Waals surface area contributed by atoms with Crippen LogP contribution in [0.15, 0.2) is 60.8 Å². The van der Waals surface area contributed by atoms with E-state index >= 15 is 0 Å². The smallest absolute Gasteiger partial charge is 0.163 e. The molecular weight excluding hydrogens is 426 g/mol. The van der Waals surface area contributed by atoms with Gasteiger partial charge in [0.1, 0.15) is 30.4 Å². The first kappa shape index (κ1) is 20.5. The molecule has 34 heavy (non-hydrogen) atoms. The Bertz CT molecular complexity index is 1500. The van der Waals surface area contributed by atoms with Crippen LogP contribution in [0.1, 0.15) is 16.7 Å². The molecule has 6 nitrogen and oxygen atoms in total. The highest BCUT2D eigenvalue weighted by Crippen LogP contribution is 2.42. The molecule has 3 aromatic rings. The van der Waals surface area contributed by atoms with Crippen LogP contribution in [0.4, 0.5) is 0 Å². The van der Waals surface area contributed by atoms with Crippen LogP contribution in [0.5, 0.6) is 17.2 Å². The number of aromatic nitrogens is 3. The predicted molar refractivity (Wildman–Crippen MR) is 132 cm³/mol. The molecule has 0 spiro atoms. The topological polar surface area (TPSA) is 58.4 Å². The Balaban J connectivity index is 1.60. The van der Waals surface area contributed by atoms with E-state index in [1.54, 1.807) is 7.11 Å². The summed E-state index contributed by atoms with van der Waals surface area (Å²) in [6.07, 6.45) is 2.14. The molecule has 0 saturated carbocycles. The van der Waals surface area contributed by atoms with Gasteiger partial charge in [0.2, 0.25) is 0 Å². The largest absolute Gasteiger partial charge is 0.496 e. The summed E-state index contributed by atoms with van der Waals surface area (Å²) in [4.78, 5) is 0. The van der Waals surface area contributed by atoms with Crippen molar-refractivity contribution < 1.29 is 14.2 Å². The number of hydrogen-bond acceptors (Lipinski definition) is 5. The van der Waals surface area contributed by atoms with E-state index in [-0.39, 0.29) is 0 Å². The molecule has 6 rings (SSSR count). The summed E-state index contributed by atoms with van der Waals surface area (Å²) in [6, 6.07) is 18.6. The Morgan fingerprint density at radius 2 is 1.65 bits per heavy atom. The van der Waals surface area contributed by atoms with Gasteiger partial charge < -0.3 is 18.8 Å². The standard InChI is InChI=1S/C28H25N3O3/c1-17-8-9-19(12-18(17)2)27-22-16-31(15-20-6-4-5-7-24(20)32-3)23-14-26-25(33-10-11-34-26)13-21(23)28(22)30-29-27/h4-9,12-14,16H,10-11,15H2,1-3H3. The van der Waals surface area contributed by atoms with Crippen LogP contribution < -0.4 is 14.2 Å². The first-order chi connectivity index (χ1) is 16.6. The number of aryl methyl sites for hydroxylation is 2. The molecule has 3 heterocycles. The van der Waals surface area contributed by atoms with Crippen molar-refractivity contribution in [2.75, 3.05) is 20.3 Å². The van der Waals surface area contributed by atoms with Crippen LogP contribution >= 0.6 is 0 Å². The molecule has 0 amide bonds. The van der Waals surface area contributed by atoms with Crippen molar-refractivity contribution in [2.45, 2.75) is 20.4 Å². The van der Waals surface area contributed by atoms with Gasteiger partial charge in [-0.1, -0.05) is 30.3 Å². The fourth-order valence-corrected chi connectivity index (χ4v) is 4.62. The van der Waals surface area contributed by atoms with Gasteiger partial charge in [-0.15, -0.1) is 10.2 Å². The SMILES string of the molecule is COc1ccccc1Cn1cc2c(-c3ccc(C)c(C)c3)nnc-2c2cc3c(cc21)OCCO3. The molecule has 0 aromatic heterocycles. The van der Waals surface area contributed by atoms with Gasteiger partial charge in [-0.05, 0) is 43.2 Å². The van der Waals surface area contributed by atoms with Gasteiger partial charge in [0.05, 0.1) is 19.2 Å². The van der Waals surface area contributed by atoms with Gasteiger partial charge in [0, 0.05) is 34.3 Å². The lowest BCUT2D eigenvalue weighted by atomic mass is 9.98. The Kier molecular flexibility index (Phi) is 4.87. The van der Waals surface area contributed by atoms with Crippen LogP contribution in [0.25, 0.3) is 33.4 Å². The molecule has 170 valence electrons.